The number of alkyl halides is 5. The molecule has 0 spiro atoms. The van der Waals surface area contributed by atoms with E-state index in [-0.39, 0.29) is 29.0 Å². The summed E-state index contributed by atoms with van der Waals surface area (Å²) in [4.78, 5) is 14.0. The molecule has 2 aliphatic heterocycles. The molecule has 2 heterocycles. The fourth-order valence-electron chi connectivity index (χ4n) is 4.65. The van der Waals surface area contributed by atoms with Crippen LogP contribution in [0.5, 0.6) is 5.75 Å². The van der Waals surface area contributed by atoms with Crippen molar-refractivity contribution < 1.29 is 49.0 Å². The molecule has 0 radical (unpaired) electrons. The second-order valence-electron chi connectivity index (χ2n) is 9.10. The minimum atomic E-state index is -4.81. The van der Waals surface area contributed by atoms with Crippen molar-refractivity contribution in [2.45, 2.75) is 30.1 Å². The van der Waals surface area contributed by atoms with E-state index in [0.29, 0.717) is 19.1 Å². The van der Waals surface area contributed by atoms with Gasteiger partial charge in [0.1, 0.15) is 18.2 Å². The number of carbonyl (C=O) groups excluding carboxylic acids is 1. The number of sulfonamides is 1. The van der Waals surface area contributed by atoms with E-state index in [4.69, 9.17) is 4.74 Å². The lowest BCUT2D eigenvalue weighted by Gasteiger charge is -2.40. The Labute approximate surface area is 224 Å². The summed E-state index contributed by atoms with van der Waals surface area (Å²) in [5, 5.41) is 0. The van der Waals surface area contributed by atoms with Crippen LogP contribution in [0.3, 0.4) is 0 Å². The summed E-state index contributed by atoms with van der Waals surface area (Å²) in [5.41, 5.74) is -1.24. The molecule has 7 nitrogen and oxygen atoms in total. The number of benzene rings is 3. The Hall–Kier alpha value is -3.78. The number of hydrogen-bond donors (Lipinski definition) is 0. The van der Waals surface area contributed by atoms with Crippen LogP contribution in [0.4, 0.5) is 32.0 Å². The average molecular weight is 587 g/mol. The van der Waals surface area contributed by atoms with Crippen LogP contribution in [0, 0.1) is 5.82 Å². The molecule has 0 aromatic heterocycles. The Bertz CT molecular complexity index is 1560. The van der Waals surface area contributed by atoms with Crippen LogP contribution in [0.25, 0.3) is 11.1 Å². The first-order chi connectivity index (χ1) is 18.8. The highest BCUT2D eigenvalue weighted by molar-refractivity contribution is 7.92. The number of rotatable bonds is 6. The zero-order valence-corrected chi connectivity index (χ0v) is 21.2. The molecule has 0 saturated carbocycles. The van der Waals surface area contributed by atoms with Gasteiger partial charge in [0.05, 0.1) is 34.4 Å². The molecule has 3 aromatic rings. The zero-order valence-electron chi connectivity index (χ0n) is 20.4. The standard InChI is InChI=1S/C26H20F6N2O5S/c27-18-8-16(9-20(12-18)39-25(28)29)15-4-5-22-23(10-15)34(14-33(24(22)35)19-6-7-38-13-19)40(36,37)21-3-1-2-17(11-21)26(30,31)32/h1-5,8-12,19,25H,6-7,13-14H2. The van der Waals surface area contributed by atoms with E-state index in [1.807, 2.05) is 0 Å². The summed E-state index contributed by atoms with van der Waals surface area (Å²) < 4.78 is 118. The number of anilines is 1. The van der Waals surface area contributed by atoms with Crippen LogP contribution < -0.4 is 9.04 Å². The second kappa shape index (κ2) is 10.3. The number of ether oxygens (including phenoxy) is 2. The highest BCUT2D eigenvalue weighted by Crippen LogP contribution is 2.39. The third-order valence-electron chi connectivity index (χ3n) is 6.56. The normalized spacial score (nSPS) is 17.9. The Balaban J connectivity index is 1.64. The fourth-order valence-corrected chi connectivity index (χ4v) is 6.11. The number of nitrogens with zero attached hydrogens (tertiary/aromatic N) is 2. The van der Waals surface area contributed by atoms with Crippen molar-refractivity contribution in [1.82, 2.24) is 4.90 Å². The highest BCUT2D eigenvalue weighted by atomic mass is 32.2. The van der Waals surface area contributed by atoms with Crippen LogP contribution in [-0.4, -0.2) is 51.8 Å². The number of halogens is 6. The van der Waals surface area contributed by atoms with Gasteiger partial charge in [-0.3, -0.25) is 4.79 Å². The minimum absolute atomic E-state index is 0.0361. The Kier molecular flexibility index (Phi) is 7.17. The summed E-state index contributed by atoms with van der Waals surface area (Å²) >= 11 is 0. The molecule has 40 heavy (non-hydrogen) atoms. The van der Waals surface area contributed by atoms with Crippen molar-refractivity contribution in [3.05, 3.63) is 77.6 Å². The third-order valence-corrected chi connectivity index (χ3v) is 8.31. The summed E-state index contributed by atoms with van der Waals surface area (Å²) in [6, 6.07) is 9.48. The Morgan fingerprint density at radius 1 is 1.00 bits per heavy atom. The molecule has 2 aliphatic rings. The van der Waals surface area contributed by atoms with E-state index in [1.165, 1.54) is 23.1 Å². The van der Waals surface area contributed by atoms with Crippen molar-refractivity contribution in [3.8, 4) is 16.9 Å². The van der Waals surface area contributed by atoms with Gasteiger partial charge in [-0.2, -0.15) is 22.0 Å². The molecule has 1 atom stereocenters. The van der Waals surface area contributed by atoms with Gasteiger partial charge in [0, 0.05) is 12.7 Å². The second-order valence-corrected chi connectivity index (χ2v) is 11.0. The molecule has 1 fully saturated rings. The molecular weight excluding hydrogens is 566 g/mol. The van der Waals surface area contributed by atoms with E-state index in [0.717, 1.165) is 40.7 Å². The predicted molar refractivity (Wildman–Crippen MR) is 130 cm³/mol. The minimum Gasteiger partial charge on any atom is -0.435 e. The summed E-state index contributed by atoms with van der Waals surface area (Å²) in [5.74, 6) is -1.93. The molecule has 0 bridgehead atoms. The van der Waals surface area contributed by atoms with E-state index in [2.05, 4.69) is 4.74 Å². The average Bonchev–Trinajstić information content (AvgIpc) is 3.42. The smallest absolute Gasteiger partial charge is 0.416 e. The van der Waals surface area contributed by atoms with Gasteiger partial charge in [0.25, 0.3) is 15.9 Å². The summed E-state index contributed by atoms with van der Waals surface area (Å²) in [6.45, 7) is -3.27. The van der Waals surface area contributed by atoms with Gasteiger partial charge in [-0.1, -0.05) is 12.1 Å². The molecule has 14 heteroatoms. The van der Waals surface area contributed by atoms with E-state index in [9.17, 15) is 39.6 Å². The van der Waals surface area contributed by atoms with Crippen molar-refractivity contribution in [3.63, 3.8) is 0 Å². The SMILES string of the molecule is O=C1c2ccc(-c3cc(F)cc(OC(F)F)c3)cc2N(S(=O)(=O)c2cccc(C(F)(F)F)c2)CN1C1CCOC1. The third kappa shape index (κ3) is 5.32. The first kappa shape index (κ1) is 27.8. The maximum atomic E-state index is 14.2. The Morgan fingerprint density at radius 2 is 1.77 bits per heavy atom. The van der Waals surface area contributed by atoms with Crippen LogP contribution in [0.1, 0.15) is 22.3 Å². The van der Waals surface area contributed by atoms with E-state index >= 15 is 0 Å². The first-order valence-electron chi connectivity index (χ1n) is 11.8. The lowest BCUT2D eigenvalue weighted by molar-refractivity contribution is -0.137. The van der Waals surface area contributed by atoms with Crippen molar-refractivity contribution in [1.29, 1.82) is 0 Å². The van der Waals surface area contributed by atoms with Gasteiger partial charge < -0.3 is 14.4 Å². The van der Waals surface area contributed by atoms with Gasteiger partial charge in [-0.05, 0) is 60.0 Å². The number of hydrogen-bond acceptors (Lipinski definition) is 5. The van der Waals surface area contributed by atoms with Gasteiger partial charge in [0.15, 0.2) is 0 Å². The molecule has 1 amide bonds. The molecule has 1 unspecified atom stereocenters. The molecule has 0 N–H and O–H groups in total. The number of fused-ring (bicyclic) bond motifs is 1. The van der Waals surface area contributed by atoms with Gasteiger partial charge in [-0.15, -0.1) is 0 Å². The van der Waals surface area contributed by atoms with Gasteiger partial charge in [0.2, 0.25) is 0 Å². The fraction of sp³-hybridized carbons (Fsp3) is 0.269. The van der Waals surface area contributed by atoms with Crippen molar-refractivity contribution in [2.75, 3.05) is 24.2 Å². The molecule has 212 valence electrons. The molecule has 5 rings (SSSR count). The number of carbonyl (C=O) groups is 1. The number of amides is 1. The largest absolute Gasteiger partial charge is 0.435 e. The van der Waals surface area contributed by atoms with E-state index < -0.39 is 63.5 Å². The summed E-state index contributed by atoms with van der Waals surface area (Å²) in [7, 11) is -4.67. The molecule has 3 aromatic carbocycles. The van der Waals surface area contributed by atoms with Crippen LogP contribution >= 0.6 is 0 Å². The zero-order chi connectivity index (χ0) is 28.8. The first-order valence-corrected chi connectivity index (χ1v) is 13.3. The molecule has 0 aliphatic carbocycles. The monoisotopic (exact) mass is 586 g/mol. The van der Waals surface area contributed by atoms with Crippen LogP contribution in [-0.2, 0) is 20.9 Å². The summed E-state index contributed by atoms with van der Waals surface area (Å²) in [6.07, 6.45) is -4.39. The van der Waals surface area contributed by atoms with Crippen molar-refractivity contribution in [2.24, 2.45) is 0 Å². The van der Waals surface area contributed by atoms with Crippen molar-refractivity contribution >= 4 is 21.6 Å². The lowest BCUT2D eigenvalue weighted by Crippen LogP contribution is -2.53. The Morgan fingerprint density at radius 3 is 2.45 bits per heavy atom. The molecule has 1 saturated heterocycles. The quantitative estimate of drug-likeness (QED) is 0.356. The van der Waals surface area contributed by atoms with E-state index in [1.54, 1.807) is 0 Å². The predicted octanol–water partition coefficient (Wildman–Crippen LogP) is 5.51. The van der Waals surface area contributed by atoms with Gasteiger partial charge in [-0.25, -0.2) is 17.1 Å². The highest BCUT2D eigenvalue weighted by Gasteiger charge is 2.41. The molecular formula is C26H20F6N2O5S. The topological polar surface area (TPSA) is 76.2 Å². The van der Waals surface area contributed by atoms with Crippen LogP contribution in [0.2, 0.25) is 0 Å². The van der Waals surface area contributed by atoms with Gasteiger partial charge >= 0.3 is 12.8 Å². The van der Waals surface area contributed by atoms with Crippen LogP contribution in [0.15, 0.2) is 65.6 Å². The maximum absolute atomic E-state index is 14.2. The maximum Gasteiger partial charge on any atom is 0.416 e. The lowest BCUT2D eigenvalue weighted by atomic mass is 9.99.